The summed E-state index contributed by atoms with van der Waals surface area (Å²) in [6, 6.07) is 2.49. The normalized spacial score (nSPS) is 23.8. The molecule has 0 saturated heterocycles. The maximum absolute atomic E-state index is 6.40. The third-order valence-electron chi connectivity index (χ3n) is 4.82. The maximum Gasteiger partial charge on any atom is 0.0900 e. The van der Waals surface area contributed by atoms with Crippen molar-refractivity contribution in [3.8, 4) is 0 Å². The van der Waals surface area contributed by atoms with Crippen molar-refractivity contribution in [1.82, 2.24) is 4.98 Å². The molecule has 1 aromatic rings. The molecule has 21 heavy (non-hydrogen) atoms. The fourth-order valence-corrected chi connectivity index (χ4v) is 3.44. The van der Waals surface area contributed by atoms with Gasteiger partial charge in [-0.15, -0.1) is 0 Å². The van der Waals surface area contributed by atoms with E-state index in [1.54, 1.807) is 13.3 Å². The fourth-order valence-electron chi connectivity index (χ4n) is 3.22. The number of hydrogen-bond donors (Lipinski definition) is 1. The summed E-state index contributed by atoms with van der Waals surface area (Å²) < 4.78 is 5.13. The van der Waals surface area contributed by atoms with Crippen molar-refractivity contribution in [2.45, 2.75) is 58.6 Å². The number of nitrogens with zero attached hydrogens (tertiary/aromatic N) is 1. The molecule has 0 aliphatic heterocycles. The molecule has 1 N–H and O–H groups in total. The number of anilines is 1. The molecule has 4 heteroatoms. The second kappa shape index (κ2) is 8.00. The van der Waals surface area contributed by atoms with Gasteiger partial charge in [0.1, 0.15) is 0 Å². The third-order valence-corrected chi connectivity index (χ3v) is 5.24. The van der Waals surface area contributed by atoms with Crippen LogP contribution in [0.1, 0.15) is 51.6 Å². The van der Waals surface area contributed by atoms with Crippen molar-refractivity contribution in [2.24, 2.45) is 11.8 Å². The second-order valence-corrected chi connectivity index (χ2v) is 6.57. The largest absolute Gasteiger partial charge is 0.381 e. The SMILES string of the molecule is CCC(C)C1CCC(Nc2ccnc(COC)c2Cl)CC1. The monoisotopic (exact) mass is 310 g/mol. The Labute approximate surface area is 133 Å². The van der Waals surface area contributed by atoms with E-state index >= 15 is 0 Å². The predicted octanol–water partition coefficient (Wildman–Crippen LogP) is 4.90. The van der Waals surface area contributed by atoms with Crippen LogP contribution in [0.25, 0.3) is 0 Å². The van der Waals surface area contributed by atoms with Gasteiger partial charge >= 0.3 is 0 Å². The van der Waals surface area contributed by atoms with Gasteiger partial charge in [-0.1, -0.05) is 31.9 Å². The zero-order valence-electron chi connectivity index (χ0n) is 13.4. The van der Waals surface area contributed by atoms with E-state index in [1.165, 1.54) is 32.1 Å². The van der Waals surface area contributed by atoms with E-state index < -0.39 is 0 Å². The molecule has 1 unspecified atom stereocenters. The van der Waals surface area contributed by atoms with E-state index in [0.717, 1.165) is 23.2 Å². The number of rotatable bonds is 6. The quantitative estimate of drug-likeness (QED) is 0.811. The summed E-state index contributed by atoms with van der Waals surface area (Å²) in [6.45, 7) is 5.13. The average molecular weight is 311 g/mol. The Hall–Kier alpha value is -0.800. The zero-order valence-corrected chi connectivity index (χ0v) is 14.1. The lowest BCUT2D eigenvalue weighted by atomic mass is 9.78. The summed E-state index contributed by atoms with van der Waals surface area (Å²) in [5.74, 6) is 1.74. The van der Waals surface area contributed by atoms with Crippen molar-refractivity contribution < 1.29 is 4.74 Å². The third kappa shape index (κ3) is 4.33. The molecule has 1 heterocycles. The van der Waals surface area contributed by atoms with Crippen LogP contribution in [0.15, 0.2) is 12.3 Å². The van der Waals surface area contributed by atoms with E-state index in [4.69, 9.17) is 16.3 Å². The molecule has 1 aliphatic rings. The highest BCUT2D eigenvalue weighted by molar-refractivity contribution is 6.33. The van der Waals surface area contributed by atoms with Crippen LogP contribution in [-0.2, 0) is 11.3 Å². The Balaban J connectivity index is 1.93. The minimum atomic E-state index is 0.453. The van der Waals surface area contributed by atoms with Crippen molar-refractivity contribution in [1.29, 1.82) is 0 Å². The fraction of sp³-hybridized carbons (Fsp3) is 0.706. The van der Waals surface area contributed by atoms with Crippen LogP contribution in [0, 0.1) is 11.8 Å². The minimum absolute atomic E-state index is 0.453. The number of aromatic nitrogens is 1. The first-order chi connectivity index (χ1) is 10.2. The van der Waals surface area contributed by atoms with Crippen LogP contribution >= 0.6 is 11.6 Å². The molecule has 1 fully saturated rings. The first-order valence-corrected chi connectivity index (χ1v) is 8.42. The van der Waals surface area contributed by atoms with E-state index in [2.05, 4.69) is 24.1 Å². The Morgan fingerprint density at radius 2 is 2.10 bits per heavy atom. The molecule has 0 radical (unpaired) electrons. The molecular weight excluding hydrogens is 284 g/mol. The number of hydrogen-bond acceptors (Lipinski definition) is 3. The molecule has 1 aliphatic carbocycles. The van der Waals surface area contributed by atoms with Gasteiger partial charge in [0.25, 0.3) is 0 Å². The lowest BCUT2D eigenvalue weighted by Crippen LogP contribution is -2.28. The first kappa shape index (κ1) is 16.6. The Morgan fingerprint density at radius 3 is 2.71 bits per heavy atom. The van der Waals surface area contributed by atoms with Crippen LogP contribution in [0.4, 0.5) is 5.69 Å². The molecule has 2 rings (SSSR count). The standard InChI is InChI=1S/C17H27ClN2O/c1-4-12(2)13-5-7-14(8-6-13)20-15-9-10-19-16(11-21-3)17(15)18/h9-10,12-14H,4-8,11H2,1-3H3,(H,19,20). The summed E-state index contributed by atoms with van der Waals surface area (Å²) in [4.78, 5) is 4.27. The summed E-state index contributed by atoms with van der Waals surface area (Å²) in [7, 11) is 1.66. The van der Waals surface area contributed by atoms with Crippen LogP contribution < -0.4 is 5.32 Å². The van der Waals surface area contributed by atoms with Gasteiger partial charge in [0.15, 0.2) is 0 Å². The smallest absolute Gasteiger partial charge is 0.0900 e. The summed E-state index contributed by atoms with van der Waals surface area (Å²) >= 11 is 6.40. The van der Waals surface area contributed by atoms with Crippen molar-refractivity contribution in [2.75, 3.05) is 12.4 Å². The van der Waals surface area contributed by atoms with E-state index in [-0.39, 0.29) is 0 Å². The number of methoxy groups -OCH3 is 1. The Morgan fingerprint density at radius 1 is 1.38 bits per heavy atom. The summed E-state index contributed by atoms with van der Waals surface area (Å²) in [5, 5.41) is 4.30. The van der Waals surface area contributed by atoms with Gasteiger partial charge in [-0.3, -0.25) is 4.98 Å². The lowest BCUT2D eigenvalue weighted by Gasteiger charge is -2.33. The highest BCUT2D eigenvalue weighted by Crippen LogP contribution is 2.34. The highest BCUT2D eigenvalue weighted by Gasteiger charge is 2.24. The van der Waals surface area contributed by atoms with Crippen LogP contribution in [0.2, 0.25) is 5.02 Å². The van der Waals surface area contributed by atoms with E-state index in [9.17, 15) is 0 Å². The lowest BCUT2D eigenvalue weighted by molar-refractivity contribution is 0.181. The molecule has 0 aromatic carbocycles. The van der Waals surface area contributed by atoms with Gasteiger partial charge < -0.3 is 10.1 Å². The topological polar surface area (TPSA) is 34.2 Å². The number of ether oxygens (including phenoxy) is 1. The van der Waals surface area contributed by atoms with Crippen LogP contribution in [-0.4, -0.2) is 18.1 Å². The molecule has 0 spiro atoms. The van der Waals surface area contributed by atoms with Gasteiger partial charge in [0.05, 0.1) is 23.0 Å². The summed E-state index contributed by atoms with van der Waals surface area (Å²) in [5.41, 5.74) is 1.79. The number of nitrogens with one attached hydrogen (secondary N) is 1. The molecule has 1 saturated carbocycles. The Kier molecular flexibility index (Phi) is 6.31. The maximum atomic E-state index is 6.40. The molecular formula is C17H27ClN2O. The Bertz CT molecular complexity index is 444. The predicted molar refractivity (Wildman–Crippen MR) is 88.8 cm³/mol. The molecule has 1 aromatic heterocycles. The van der Waals surface area contributed by atoms with Crippen LogP contribution in [0.5, 0.6) is 0 Å². The average Bonchev–Trinajstić information content (AvgIpc) is 2.51. The second-order valence-electron chi connectivity index (χ2n) is 6.19. The number of pyridine rings is 1. The van der Waals surface area contributed by atoms with E-state index in [1.807, 2.05) is 6.07 Å². The molecule has 3 nitrogen and oxygen atoms in total. The summed E-state index contributed by atoms with van der Waals surface area (Å²) in [6.07, 6.45) is 8.19. The minimum Gasteiger partial charge on any atom is -0.381 e. The highest BCUT2D eigenvalue weighted by atomic mass is 35.5. The number of halogens is 1. The van der Waals surface area contributed by atoms with Gasteiger partial charge in [0, 0.05) is 19.3 Å². The van der Waals surface area contributed by atoms with Crippen molar-refractivity contribution >= 4 is 17.3 Å². The van der Waals surface area contributed by atoms with Gasteiger partial charge in [-0.2, -0.15) is 0 Å². The van der Waals surface area contributed by atoms with Crippen molar-refractivity contribution in [3.63, 3.8) is 0 Å². The molecule has 1 atom stereocenters. The molecule has 118 valence electrons. The molecule has 0 amide bonds. The van der Waals surface area contributed by atoms with E-state index in [0.29, 0.717) is 17.7 Å². The molecule has 0 bridgehead atoms. The van der Waals surface area contributed by atoms with Gasteiger partial charge in [-0.25, -0.2) is 0 Å². The van der Waals surface area contributed by atoms with Crippen molar-refractivity contribution in [3.05, 3.63) is 23.0 Å². The first-order valence-electron chi connectivity index (χ1n) is 8.04. The van der Waals surface area contributed by atoms with Gasteiger partial charge in [0.2, 0.25) is 0 Å². The zero-order chi connectivity index (χ0) is 15.2. The van der Waals surface area contributed by atoms with Gasteiger partial charge in [-0.05, 0) is 43.6 Å². The van der Waals surface area contributed by atoms with Crippen LogP contribution in [0.3, 0.4) is 0 Å².